The lowest BCUT2D eigenvalue weighted by Crippen LogP contribution is -2.42. The van der Waals surface area contributed by atoms with Gasteiger partial charge in [0.25, 0.3) is 0 Å². The van der Waals surface area contributed by atoms with Gasteiger partial charge in [0, 0.05) is 26.2 Å². The van der Waals surface area contributed by atoms with Crippen LogP contribution < -0.4 is 11.1 Å². The first kappa shape index (κ1) is 14.4. The Hall–Kier alpha value is -0.650. The van der Waals surface area contributed by atoms with Gasteiger partial charge in [0.1, 0.15) is 0 Å². The zero-order valence-electron chi connectivity index (χ0n) is 10.9. The first-order valence-electron chi connectivity index (χ1n) is 6.40. The Bertz CT molecular complexity index is 226. The SMILES string of the molecule is COC(CN)CC(=O)NC(C)CN1CCCC1. The van der Waals surface area contributed by atoms with Gasteiger partial charge in [-0.2, -0.15) is 0 Å². The molecule has 1 amide bonds. The third kappa shape index (κ3) is 5.48. The van der Waals surface area contributed by atoms with Gasteiger partial charge in [-0.05, 0) is 32.9 Å². The molecule has 2 atom stereocenters. The molecule has 0 aromatic carbocycles. The van der Waals surface area contributed by atoms with Crippen LogP contribution in [0, 0.1) is 0 Å². The van der Waals surface area contributed by atoms with Gasteiger partial charge in [0.05, 0.1) is 12.5 Å². The van der Waals surface area contributed by atoms with Crippen molar-refractivity contribution in [2.45, 2.75) is 38.3 Å². The van der Waals surface area contributed by atoms with Crippen LogP contribution in [0.15, 0.2) is 0 Å². The number of nitrogens with zero attached hydrogens (tertiary/aromatic N) is 1. The second-order valence-corrected chi connectivity index (χ2v) is 4.77. The average Bonchev–Trinajstić information content (AvgIpc) is 2.78. The summed E-state index contributed by atoms with van der Waals surface area (Å²) in [6.07, 6.45) is 2.73. The zero-order valence-corrected chi connectivity index (χ0v) is 10.9. The van der Waals surface area contributed by atoms with Crippen molar-refractivity contribution in [1.82, 2.24) is 10.2 Å². The van der Waals surface area contributed by atoms with E-state index in [0.717, 1.165) is 19.6 Å². The van der Waals surface area contributed by atoms with E-state index in [2.05, 4.69) is 10.2 Å². The van der Waals surface area contributed by atoms with E-state index in [0.29, 0.717) is 13.0 Å². The standard InChI is InChI=1S/C12H25N3O2/c1-10(9-15-5-3-4-6-15)14-12(16)7-11(8-13)17-2/h10-11H,3-9,13H2,1-2H3,(H,14,16). The summed E-state index contributed by atoms with van der Waals surface area (Å²) < 4.78 is 5.09. The minimum absolute atomic E-state index is 0.0222. The second-order valence-electron chi connectivity index (χ2n) is 4.77. The Morgan fingerprint density at radius 2 is 2.12 bits per heavy atom. The van der Waals surface area contributed by atoms with Crippen molar-refractivity contribution >= 4 is 5.91 Å². The monoisotopic (exact) mass is 243 g/mol. The molecule has 100 valence electrons. The molecule has 1 fully saturated rings. The van der Waals surface area contributed by atoms with Gasteiger partial charge in [0.15, 0.2) is 0 Å². The molecule has 0 aliphatic carbocycles. The Morgan fingerprint density at radius 1 is 1.47 bits per heavy atom. The molecule has 5 nitrogen and oxygen atoms in total. The van der Waals surface area contributed by atoms with E-state index in [9.17, 15) is 4.79 Å². The Balaban J connectivity index is 2.20. The van der Waals surface area contributed by atoms with Crippen LogP contribution in [0.2, 0.25) is 0 Å². The predicted octanol–water partition coefficient (Wildman–Crippen LogP) is -0.0493. The van der Waals surface area contributed by atoms with E-state index in [4.69, 9.17) is 10.5 Å². The van der Waals surface area contributed by atoms with E-state index in [1.165, 1.54) is 12.8 Å². The smallest absolute Gasteiger partial charge is 0.222 e. The van der Waals surface area contributed by atoms with Gasteiger partial charge in [-0.15, -0.1) is 0 Å². The molecule has 1 aliphatic rings. The van der Waals surface area contributed by atoms with Crippen LogP contribution in [0.3, 0.4) is 0 Å². The van der Waals surface area contributed by atoms with Crippen LogP contribution >= 0.6 is 0 Å². The van der Waals surface area contributed by atoms with E-state index in [1.54, 1.807) is 7.11 Å². The summed E-state index contributed by atoms with van der Waals surface area (Å²) >= 11 is 0. The minimum Gasteiger partial charge on any atom is -0.380 e. The third-order valence-corrected chi connectivity index (χ3v) is 3.15. The highest BCUT2D eigenvalue weighted by Gasteiger charge is 2.17. The lowest BCUT2D eigenvalue weighted by molar-refractivity contribution is -0.124. The molecule has 1 heterocycles. The van der Waals surface area contributed by atoms with Crippen molar-refractivity contribution in [3.05, 3.63) is 0 Å². The lowest BCUT2D eigenvalue weighted by Gasteiger charge is -2.22. The maximum absolute atomic E-state index is 11.7. The number of hydrogen-bond acceptors (Lipinski definition) is 4. The molecule has 1 saturated heterocycles. The molecule has 3 N–H and O–H groups in total. The number of carbonyl (C=O) groups excluding carboxylic acids is 1. The molecule has 1 aliphatic heterocycles. The summed E-state index contributed by atoms with van der Waals surface area (Å²) in [5, 5.41) is 2.99. The lowest BCUT2D eigenvalue weighted by atomic mass is 10.2. The third-order valence-electron chi connectivity index (χ3n) is 3.15. The molecule has 0 aromatic heterocycles. The van der Waals surface area contributed by atoms with E-state index in [1.807, 2.05) is 6.92 Å². The van der Waals surface area contributed by atoms with Gasteiger partial charge in [0.2, 0.25) is 5.91 Å². The molecule has 0 radical (unpaired) electrons. The fraction of sp³-hybridized carbons (Fsp3) is 0.917. The zero-order chi connectivity index (χ0) is 12.7. The van der Waals surface area contributed by atoms with E-state index < -0.39 is 0 Å². The summed E-state index contributed by atoms with van der Waals surface area (Å²) in [5.74, 6) is 0.0222. The van der Waals surface area contributed by atoms with Gasteiger partial charge in [-0.25, -0.2) is 0 Å². The number of ether oxygens (including phenoxy) is 1. The highest BCUT2D eigenvalue weighted by atomic mass is 16.5. The number of likely N-dealkylation sites (tertiary alicyclic amines) is 1. The molecule has 2 unspecified atom stereocenters. The van der Waals surface area contributed by atoms with Gasteiger partial charge >= 0.3 is 0 Å². The molecule has 17 heavy (non-hydrogen) atoms. The first-order valence-corrected chi connectivity index (χ1v) is 6.40. The first-order chi connectivity index (χ1) is 8.15. The van der Waals surface area contributed by atoms with E-state index in [-0.39, 0.29) is 18.1 Å². The van der Waals surface area contributed by atoms with Crippen LogP contribution in [0.4, 0.5) is 0 Å². The molecule has 0 aromatic rings. The van der Waals surface area contributed by atoms with Gasteiger partial charge in [-0.3, -0.25) is 4.79 Å². The average molecular weight is 243 g/mol. The summed E-state index contributed by atoms with van der Waals surface area (Å²) in [6, 6.07) is 0.191. The number of rotatable bonds is 7. The fourth-order valence-corrected chi connectivity index (χ4v) is 2.20. The van der Waals surface area contributed by atoms with E-state index >= 15 is 0 Å². The number of amides is 1. The van der Waals surface area contributed by atoms with Crippen LogP contribution in [0.25, 0.3) is 0 Å². The van der Waals surface area contributed by atoms with Crippen molar-refractivity contribution in [3.8, 4) is 0 Å². The quantitative estimate of drug-likeness (QED) is 0.658. The number of nitrogens with one attached hydrogen (secondary N) is 1. The van der Waals surface area contributed by atoms with Crippen molar-refractivity contribution in [2.75, 3.05) is 33.3 Å². The highest BCUT2D eigenvalue weighted by molar-refractivity contribution is 5.76. The molecule has 0 bridgehead atoms. The second kappa shape index (κ2) is 7.63. The predicted molar refractivity (Wildman–Crippen MR) is 67.7 cm³/mol. The van der Waals surface area contributed by atoms with Crippen LogP contribution in [0.1, 0.15) is 26.2 Å². The maximum Gasteiger partial charge on any atom is 0.222 e. The molecular formula is C12H25N3O2. The molecule has 5 heteroatoms. The Labute approximate surface area is 104 Å². The fourth-order valence-electron chi connectivity index (χ4n) is 2.20. The summed E-state index contributed by atoms with van der Waals surface area (Å²) in [4.78, 5) is 14.1. The number of hydrogen-bond donors (Lipinski definition) is 2. The molecule has 0 spiro atoms. The highest BCUT2D eigenvalue weighted by Crippen LogP contribution is 2.07. The maximum atomic E-state index is 11.7. The number of methoxy groups -OCH3 is 1. The minimum atomic E-state index is -0.172. The summed E-state index contributed by atoms with van der Waals surface area (Å²) in [6.45, 7) is 5.67. The van der Waals surface area contributed by atoms with Crippen molar-refractivity contribution in [1.29, 1.82) is 0 Å². The summed E-state index contributed by atoms with van der Waals surface area (Å²) in [5.41, 5.74) is 5.48. The topological polar surface area (TPSA) is 67.6 Å². The van der Waals surface area contributed by atoms with Crippen LogP contribution in [0.5, 0.6) is 0 Å². The Morgan fingerprint density at radius 3 is 2.65 bits per heavy atom. The van der Waals surface area contributed by atoms with Crippen molar-refractivity contribution in [3.63, 3.8) is 0 Å². The van der Waals surface area contributed by atoms with Crippen LogP contribution in [-0.2, 0) is 9.53 Å². The van der Waals surface area contributed by atoms with Crippen molar-refractivity contribution < 1.29 is 9.53 Å². The number of nitrogens with two attached hydrogens (primary N) is 1. The number of carbonyl (C=O) groups is 1. The normalized spacial score (nSPS) is 20.2. The summed E-state index contributed by atoms with van der Waals surface area (Å²) in [7, 11) is 1.58. The van der Waals surface area contributed by atoms with Crippen LogP contribution in [-0.4, -0.2) is 56.2 Å². The van der Waals surface area contributed by atoms with Gasteiger partial charge in [-0.1, -0.05) is 0 Å². The molecule has 1 rings (SSSR count). The molecular weight excluding hydrogens is 218 g/mol. The van der Waals surface area contributed by atoms with Crippen molar-refractivity contribution in [2.24, 2.45) is 5.73 Å². The Kier molecular flexibility index (Phi) is 6.47. The molecule has 0 saturated carbocycles. The van der Waals surface area contributed by atoms with Gasteiger partial charge < -0.3 is 20.7 Å². The largest absolute Gasteiger partial charge is 0.380 e.